The highest BCUT2D eigenvalue weighted by atomic mass is 19.4. The zero-order valence-electron chi connectivity index (χ0n) is 10.7. The molecule has 0 radical (unpaired) electrons. The van der Waals surface area contributed by atoms with Crippen LogP contribution >= 0.6 is 0 Å². The fourth-order valence-electron chi connectivity index (χ4n) is 1.44. The second-order valence-electron chi connectivity index (χ2n) is 3.98. The summed E-state index contributed by atoms with van der Waals surface area (Å²) in [7, 11) is 1.30. The molecule has 0 fully saturated rings. The second-order valence-corrected chi connectivity index (χ2v) is 3.98. The summed E-state index contributed by atoms with van der Waals surface area (Å²) >= 11 is 0. The maximum atomic E-state index is 12.4. The molecule has 0 unspecified atom stereocenters. The summed E-state index contributed by atoms with van der Waals surface area (Å²) in [5, 5.41) is 17.9. The average molecular weight is 284 g/mol. The molecule has 0 aliphatic carbocycles. The van der Waals surface area contributed by atoms with Gasteiger partial charge in [-0.2, -0.15) is 18.4 Å². The zero-order valence-corrected chi connectivity index (χ0v) is 10.7. The molecule has 0 aromatic heterocycles. The fraction of sp³-hybridized carbons (Fsp3) is 0.231. The van der Waals surface area contributed by atoms with Crippen LogP contribution in [0.5, 0.6) is 0 Å². The van der Waals surface area contributed by atoms with Gasteiger partial charge in [0.15, 0.2) is 5.57 Å². The van der Waals surface area contributed by atoms with Crippen LogP contribution in [0.15, 0.2) is 35.6 Å². The van der Waals surface area contributed by atoms with Gasteiger partial charge in [-0.05, 0) is 31.2 Å². The summed E-state index contributed by atoms with van der Waals surface area (Å²) in [6, 6.07) is 5.44. The van der Waals surface area contributed by atoms with Gasteiger partial charge in [0.05, 0.1) is 5.56 Å². The van der Waals surface area contributed by atoms with E-state index < -0.39 is 29.0 Å². The number of nitriles is 1. The second kappa shape index (κ2) is 5.65. The Balaban J connectivity index is 3.06. The minimum atomic E-state index is -4.46. The lowest BCUT2D eigenvalue weighted by molar-refractivity contribution is -0.137. The number of amides is 1. The first-order chi connectivity index (χ1) is 9.18. The molecule has 1 amide bonds. The summed E-state index contributed by atoms with van der Waals surface area (Å²) in [5.41, 5.74) is -1.12. The van der Waals surface area contributed by atoms with E-state index in [1.165, 1.54) is 14.0 Å². The lowest BCUT2D eigenvalue weighted by Gasteiger charge is -2.17. The maximum Gasteiger partial charge on any atom is 0.416 e. The number of alkyl halides is 3. The van der Waals surface area contributed by atoms with Crippen molar-refractivity contribution in [2.75, 3.05) is 11.9 Å². The Morgan fingerprint density at radius 2 is 1.80 bits per heavy atom. The number of aliphatic hydroxyl groups is 1. The normalized spacial score (nSPS) is 12.4. The van der Waals surface area contributed by atoms with Crippen molar-refractivity contribution in [1.82, 2.24) is 0 Å². The number of likely N-dealkylation sites (N-methyl/N-ethyl adjacent to an activating group) is 1. The standard InChI is InChI=1S/C13H11F3N2O2/c1-8(19)11(7-17)12(20)18(2)10-5-3-9(4-6-10)13(14,15)16/h3-6,19H,1-2H3/b11-8-. The van der Waals surface area contributed by atoms with Crippen molar-refractivity contribution >= 4 is 11.6 Å². The molecule has 1 aromatic rings. The highest BCUT2D eigenvalue weighted by molar-refractivity contribution is 6.08. The van der Waals surface area contributed by atoms with Crippen LogP contribution in [-0.4, -0.2) is 18.1 Å². The summed E-state index contributed by atoms with van der Waals surface area (Å²) in [6.45, 7) is 1.18. The van der Waals surface area contributed by atoms with E-state index in [0.29, 0.717) is 0 Å². The van der Waals surface area contributed by atoms with E-state index in [0.717, 1.165) is 29.2 Å². The van der Waals surface area contributed by atoms with Gasteiger partial charge in [-0.25, -0.2) is 0 Å². The molecule has 1 rings (SSSR count). The van der Waals surface area contributed by atoms with Gasteiger partial charge in [0.25, 0.3) is 5.91 Å². The third-order valence-corrected chi connectivity index (χ3v) is 2.57. The molecule has 1 N–H and O–H groups in total. The Hall–Kier alpha value is -2.49. The van der Waals surface area contributed by atoms with Crippen LogP contribution in [0.3, 0.4) is 0 Å². The van der Waals surface area contributed by atoms with E-state index in [2.05, 4.69) is 0 Å². The fourth-order valence-corrected chi connectivity index (χ4v) is 1.44. The monoisotopic (exact) mass is 284 g/mol. The lowest BCUT2D eigenvalue weighted by atomic mass is 10.1. The Labute approximate surface area is 113 Å². The van der Waals surface area contributed by atoms with E-state index in [1.807, 2.05) is 0 Å². The van der Waals surface area contributed by atoms with E-state index in [1.54, 1.807) is 6.07 Å². The molecule has 0 atom stereocenters. The molecule has 4 nitrogen and oxygen atoms in total. The van der Waals surface area contributed by atoms with Crippen molar-refractivity contribution in [2.45, 2.75) is 13.1 Å². The van der Waals surface area contributed by atoms with Crippen LogP contribution in [0, 0.1) is 11.3 Å². The number of carbonyl (C=O) groups is 1. The van der Waals surface area contributed by atoms with Crippen LogP contribution in [-0.2, 0) is 11.0 Å². The minimum Gasteiger partial charge on any atom is -0.511 e. The van der Waals surface area contributed by atoms with Crippen LogP contribution < -0.4 is 4.90 Å². The molecule has 0 aliphatic rings. The smallest absolute Gasteiger partial charge is 0.416 e. The van der Waals surface area contributed by atoms with Gasteiger partial charge in [-0.1, -0.05) is 0 Å². The van der Waals surface area contributed by atoms with Crippen molar-refractivity contribution < 1.29 is 23.1 Å². The topological polar surface area (TPSA) is 64.3 Å². The average Bonchev–Trinajstić information content (AvgIpc) is 2.37. The Morgan fingerprint density at radius 3 is 2.15 bits per heavy atom. The number of rotatable bonds is 2. The summed E-state index contributed by atoms with van der Waals surface area (Å²) in [4.78, 5) is 12.8. The van der Waals surface area contributed by atoms with E-state index in [-0.39, 0.29) is 5.69 Å². The number of benzene rings is 1. The summed E-state index contributed by atoms with van der Waals surface area (Å²) in [6.07, 6.45) is -4.46. The first-order valence-electron chi connectivity index (χ1n) is 5.43. The van der Waals surface area contributed by atoms with Crippen LogP contribution in [0.4, 0.5) is 18.9 Å². The predicted molar refractivity (Wildman–Crippen MR) is 65.8 cm³/mol. The molecule has 0 bridgehead atoms. The van der Waals surface area contributed by atoms with Gasteiger partial charge in [-0.3, -0.25) is 4.79 Å². The van der Waals surface area contributed by atoms with Gasteiger partial charge in [-0.15, -0.1) is 0 Å². The summed E-state index contributed by atoms with van der Waals surface area (Å²) in [5.74, 6) is -1.25. The molecule has 0 heterocycles. The molecule has 20 heavy (non-hydrogen) atoms. The SMILES string of the molecule is C/C(O)=C(\C#N)C(=O)N(C)c1ccc(C(F)(F)F)cc1. The quantitative estimate of drug-likeness (QED) is 0.516. The molecule has 0 saturated carbocycles. The van der Waals surface area contributed by atoms with Gasteiger partial charge in [0, 0.05) is 12.7 Å². The first kappa shape index (κ1) is 15.6. The maximum absolute atomic E-state index is 12.4. The van der Waals surface area contributed by atoms with Crippen LogP contribution in [0.25, 0.3) is 0 Å². The minimum absolute atomic E-state index is 0.178. The van der Waals surface area contributed by atoms with Crippen molar-refractivity contribution in [1.29, 1.82) is 5.26 Å². The molecule has 1 aromatic carbocycles. The van der Waals surface area contributed by atoms with Gasteiger partial charge >= 0.3 is 6.18 Å². The molecule has 0 spiro atoms. The number of carbonyl (C=O) groups excluding carboxylic acids is 1. The largest absolute Gasteiger partial charge is 0.511 e. The number of allylic oxidation sites excluding steroid dienone is 1. The molecule has 106 valence electrons. The Morgan fingerprint density at radius 1 is 1.30 bits per heavy atom. The number of halogens is 3. The van der Waals surface area contributed by atoms with Crippen LogP contribution in [0.2, 0.25) is 0 Å². The molecular weight excluding hydrogens is 273 g/mol. The predicted octanol–water partition coefficient (Wildman–Crippen LogP) is 3.02. The van der Waals surface area contributed by atoms with Gasteiger partial charge < -0.3 is 10.0 Å². The van der Waals surface area contributed by atoms with Gasteiger partial charge in [0.1, 0.15) is 11.8 Å². The molecule has 7 heteroatoms. The highest BCUT2D eigenvalue weighted by Gasteiger charge is 2.30. The van der Waals surface area contributed by atoms with Crippen molar-refractivity contribution in [3.05, 3.63) is 41.2 Å². The van der Waals surface area contributed by atoms with E-state index in [4.69, 9.17) is 5.26 Å². The zero-order chi connectivity index (χ0) is 15.5. The van der Waals surface area contributed by atoms with E-state index in [9.17, 15) is 23.1 Å². The lowest BCUT2D eigenvalue weighted by Crippen LogP contribution is -2.28. The van der Waals surface area contributed by atoms with Crippen molar-refractivity contribution in [3.63, 3.8) is 0 Å². The highest BCUT2D eigenvalue weighted by Crippen LogP contribution is 2.30. The van der Waals surface area contributed by atoms with Crippen molar-refractivity contribution in [2.24, 2.45) is 0 Å². The third-order valence-electron chi connectivity index (χ3n) is 2.57. The molecular formula is C13H11F3N2O2. The third kappa shape index (κ3) is 3.29. The summed E-state index contributed by atoms with van der Waals surface area (Å²) < 4.78 is 37.2. The first-order valence-corrected chi connectivity index (χ1v) is 5.43. The molecule has 0 saturated heterocycles. The number of hydrogen-bond acceptors (Lipinski definition) is 3. The molecule has 0 aliphatic heterocycles. The Bertz CT molecular complexity index is 579. The number of aliphatic hydroxyl groups excluding tert-OH is 1. The van der Waals surface area contributed by atoms with Gasteiger partial charge in [0.2, 0.25) is 0 Å². The van der Waals surface area contributed by atoms with E-state index >= 15 is 0 Å². The van der Waals surface area contributed by atoms with Crippen molar-refractivity contribution in [3.8, 4) is 6.07 Å². The number of nitrogens with zero attached hydrogens (tertiary/aromatic N) is 2. The number of anilines is 1. The Kier molecular flexibility index (Phi) is 4.40. The number of hydrogen-bond donors (Lipinski definition) is 1. The van der Waals surface area contributed by atoms with Crippen LogP contribution in [0.1, 0.15) is 12.5 Å².